The van der Waals surface area contributed by atoms with Gasteiger partial charge in [0.2, 0.25) is 0 Å². The van der Waals surface area contributed by atoms with E-state index in [1.54, 1.807) is 6.07 Å². The lowest BCUT2D eigenvalue weighted by Crippen LogP contribution is -2.44. The molecule has 3 aromatic rings. The van der Waals surface area contributed by atoms with Crippen molar-refractivity contribution < 1.29 is 27.2 Å². The molecule has 0 amide bonds. The summed E-state index contributed by atoms with van der Waals surface area (Å²) in [6, 6.07) is 15.8. The van der Waals surface area contributed by atoms with Crippen LogP contribution in [-0.2, 0) is 48.1 Å². The van der Waals surface area contributed by atoms with Crippen LogP contribution >= 0.6 is 0 Å². The molecule has 7 nitrogen and oxygen atoms in total. The van der Waals surface area contributed by atoms with E-state index in [0.717, 1.165) is 103 Å². The highest BCUT2D eigenvalue weighted by molar-refractivity contribution is 7.85. The maximum absolute atomic E-state index is 13.1. The molecule has 57 heavy (non-hydrogen) atoms. The van der Waals surface area contributed by atoms with Crippen LogP contribution < -0.4 is 4.90 Å². The first kappa shape index (κ1) is 38.9. The van der Waals surface area contributed by atoms with Crippen molar-refractivity contribution in [3.63, 3.8) is 0 Å². The highest BCUT2D eigenvalue weighted by atomic mass is 32.2. The predicted molar refractivity (Wildman–Crippen MR) is 226 cm³/mol. The number of hydrogen-bond donors (Lipinski definition) is 1. The number of ether oxygens (including phenoxy) is 2. The SMILES string of the molecule is C=C1C2=CC3=C4N(CCC3OC2CCCc2ccc(CC(=O)C3CCC3)cc2C12CCOCC2)c1ccc2cc(S(=O)(=O)O)ccc2c1C4(C)C.CCC1CCC1. The Morgan fingerprint density at radius 1 is 0.930 bits per heavy atom. The van der Waals surface area contributed by atoms with Gasteiger partial charge in [-0.2, -0.15) is 8.42 Å². The van der Waals surface area contributed by atoms with Crippen LogP contribution in [0.4, 0.5) is 5.69 Å². The van der Waals surface area contributed by atoms with E-state index in [4.69, 9.17) is 16.1 Å². The number of ketones is 1. The number of allylic oxidation sites excluding steroid dienone is 1. The Balaban J connectivity index is 0.000000647. The van der Waals surface area contributed by atoms with Crippen molar-refractivity contribution in [2.24, 2.45) is 11.8 Å². The third-order valence-electron chi connectivity index (χ3n) is 14.9. The van der Waals surface area contributed by atoms with Crippen LogP contribution in [0.25, 0.3) is 10.8 Å². The van der Waals surface area contributed by atoms with E-state index < -0.39 is 10.1 Å². The van der Waals surface area contributed by atoms with Crippen molar-refractivity contribution in [3.05, 3.63) is 106 Å². The number of nitrogens with zero attached hydrogens (tertiary/aromatic N) is 1. The largest absolute Gasteiger partial charge is 0.381 e. The summed E-state index contributed by atoms with van der Waals surface area (Å²) in [7, 11) is -4.31. The number of carbonyl (C=O) groups is 1. The number of hydrogen-bond acceptors (Lipinski definition) is 6. The van der Waals surface area contributed by atoms with Crippen molar-refractivity contribution in [1.29, 1.82) is 0 Å². The molecule has 2 atom stereocenters. The third-order valence-corrected chi connectivity index (χ3v) is 15.7. The molecule has 2 unspecified atom stereocenters. The smallest absolute Gasteiger partial charge is 0.294 e. The molecule has 1 saturated heterocycles. The molecule has 0 bridgehead atoms. The molecule has 3 aromatic carbocycles. The van der Waals surface area contributed by atoms with Crippen LogP contribution in [0.1, 0.15) is 120 Å². The van der Waals surface area contributed by atoms with E-state index in [9.17, 15) is 17.8 Å². The Hall–Kier alpha value is -3.56. The van der Waals surface area contributed by atoms with Gasteiger partial charge in [-0.1, -0.05) is 89.8 Å². The minimum Gasteiger partial charge on any atom is -0.381 e. The van der Waals surface area contributed by atoms with Crippen LogP contribution in [0, 0.1) is 11.8 Å². The molecule has 1 N–H and O–H groups in total. The maximum Gasteiger partial charge on any atom is 0.294 e. The molecule has 2 saturated carbocycles. The minimum atomic E-state index is -4.31. The van der Waals surface area contributed by atoms with E-state index in [1.807, 2.05) is 12.1 Å². The molecule has 1 spiro atoms. The average molecular weight is 790 g/mol. The Labute approximate surface area is 339 Å². The average Bonchev–Trinajstić information content (AvgIpc) is 3.41. The van der Waals surface area contributed by atoms with Crippen LogP contribution in [0.15, 0.2) is 88.5 Å². The van der Waals surface area contributed by atoms with E-state index in [-0.39, 0.29) is 33.9 Å². The predicted octanol–water partition coefficient (Wildman–Crippen LogP) is 10.3. The Kier molecular flexibility index (Phi) is 10.2. The lowest BCUT2D eigenvalue weighted by molar-refractivity contribution is -0.124. The van der Waals surface area contributed by atoms with Gasteiger partial charge in [-0.15, -0.1) is 0 Å². The number of anilines is 1. The Morgan fingerprint density at radius 2 is 1.70 bits per heavy atom. The standard InChI is InChI=1S/C43H47NO6S.C6H12/c1-26-33-25-34-39(16-19-44-36-15-12-30-24-31(51(46,47)48)13-14-32(30)40(36)42(2,3)41(34)44)50-38(33)9-5-6-28-11-10-27(23-37(45)29-7-4-8-29)22-35(28)43(26)17-20-49-21-18-43;1-2-6-4-3-5-6/h10-15,22,24-25,29,38-39H,1,4-9,16-21,23H2,2-3H3,(H,46,47,48);6H,2-5H2,1H3. The van der Waals surface area contributed by atoms with E-state index >= 15 is 0 Å². The van der Waals surface area contributed by atoms with Gasteiger partial charge < -0.3 is 14.4 Å². The summed E-state index contributed by atoms with van der Waals surface area (Å²) in [5, 5.41) is 1.78. The molecule has 3 aliphatic carbocycles. The van der Waals surface area contributed by atoms with Crippen LogP contribution in [0.5, 0.6) is 0 Å². The summed E-state index contributed by atoms with van der Waals surface area (Å²) in [5.74, 6) is 1.72. The van der Waals surface area contributed by atoms with E-state index in [1.165, 1.54) is 59.7 Å². The molecular weight excluding hydrogens is 731 g/mol. The first-order chi connectivity index (χ1) is 27.4. The van der Waals surface area contributed by atoms with Crippen molar-refractivity contribution in [2.45, 2.75) is 139 Å². The van der Waals surface area contributed by atoms with Gasteiger partial charge in [0.15, 0.2) is 0 Å². The summed E-state index contributed by atoms with van der Waals surface area (Å²) in [5.41, 5.74) is 10.2. The topological polar surface area (TPSA) is 93.1 Å². The van der Waals surface area contributed by atoms with E-state index in [2.05, 4.69) is 56.0 Å². The van der Waals surface area contributed by atoms with Gasteiger partial charge >= 0.3 is 0 Å². The van der Waals surface area contributed by atoms with Crippen molar-refractivity contribution >= 4 is 32.4 Å². The number of rotatable bonds is 5. The first-order valence-corrected chi connectivity index (χ1v) is 23.2. The molecule has 8 heteroatoms. The summed E-state index contributed by atoms with van der Waals surface area (Å²) < 4.78 is 46.9. The summed E-state index contributed by atoms with van der Waals surface area (Å²) in [6.07, 6.45) is 17.5. The molecule has 0 radical (unpaired) electrons. The monoisotopic (exact) mass is 789 g/mol. The van der Waals surface area contributed by atoms with Gasteiger partial charge in [0, 0.05) is 59.9 Å². The zero-order valence-corrected chi connectivity index (χ0v) is 34.9. The molecule has 7 aliphatic rings. The molecule has 4 aliphatic heterocycles. The van der Waals surface area contributed by atoms with Gasteiger partial charge in [-0.3, -0.25) is 9.35 Å². The lowest BCUT2D eigenvalue weighted by atomic mass is 9.64. The summed E-state index contributed by atoms with van der Waals surface area (Å²) in [4.78, 5) is 15.5. The van der Waals surface area contributed by atoms with Crippen LogP contribution in [0.2, 0.25) is 0 Å². The van der Waals surface area contributed by atoms with Crippen molar-refractivity contribution in [3.8, 4) is 0 Å². The quantitative estimate of drug-likeness (QED) is 0.257. The lowest BCUT2D eigenvalue weighted by Gasteiger charge is -2.46. The normalized spacial score (nSPS) is 25.2. The third kappa shape index (κ3) is 6.76. The fourth-order valence-corrected chi connectivity index (χ4v) is 11.7. The number of Topliss-reactive ketones (excluding diaryl/α,β-unsaturated/α-hetero) is 1. The van der Waals surface area contributed by atoms with Crippen LogP contribution in [-0.4, -0.2) is 50.7 Å². The zero-order valence-electron chi connectivity index (χ0n) is 34.1. The van der Waals surface area contributed by atoms with Crippen LogP contribution in [0.3, 0.4) is 0 Å². The molecule has 0 aromatic heterocycles. The van der Waals surface area contributed by atoms with Gasteiger partial charge in [0.25, 0.3) is 10.1 Å². The van der Waals surface area contributed by atoms with E-state index in [0.29, 0.717) is 25.4 Å². The highest BCUT2D eigenvalue weighted by Gasteiger charge is 2.49. The number of benzene rings is 3. The van der Waals surface area contributed by atoms with Gasteiger partial charge in [0.05, 0.1) is 17.1 Å². The molecule has 10 rings (SSSR count). The van der Waals surface area contributed by atoms with Gasteiger partial charge in [-0.25, -0.2) is 0 Å². The minimum absolute atomic E-state index is 0.0262. The van der Waals surface area contributed by atoms with Crippen molar-refractivity contribution in [2.75, 3.05) is 24.7 Å². The zero-order chi connectivity index (χ0) is 39.7. The van der Waals surface area contributed by atoms with Crippen molar-refractivity contribution in [1.82, 2.24) is 0 Å². The second kappa shape index (κ2) is 14.9. The Morgan fingerprint density at radius 3 is 2.37 bits per heavy atom. The fourth-order valence-electron chi connectivity index (χ4n) is 11.1. The molecule has 3 fully saturated rings. The second-order valence-corrected chi connectivity index (χ2v) is 19.9. The maximum atomic E-state index is 13.1. The fraction of sp³-hybridized carbons (Fsp3) is 0.531. The van der Waals surface area contributed by atoms with Gasteiger partial charge in [0.1, 0.15) is 5.78 Å². The molecule has 4 heterocycles. The second-order valence-electron chi connectivity index (χ2n) is 18.4. The molecule has 302 valence electrons. The summed E-state index contributed by atoms with van der Waals surface area (Å²) in [6.45, 7) is 13.9. The number of carbonyl (C=O) groups excluding carboxylic acids is 1. The highest BCUT2D eigenvalue weighted by Crippen LogP contribution is 2.56. The first-order valence-electron chi connectivity index (χ1n) is 21.8. The number of aryl methyl sites for hydroxylation is 1. The summed E-state index contributed by atoms with van der Waals surface area (Å²) >= 11 is 0. The molecular formula is C49H59NO6S. The number of fused-ring (bicyclic) bond motifs is 9. The Bertz CT molecular complexity index is 2280. The van der Waals surface area contributed by atoms with Gasteiger partial charge in [-0.05, 0) is 126 Å².